The van der Waals surface area contributed by atoms with Crippen molar-refractivity contribution in [2.45, 2.75) is 4.90 Å². The van der Waals surface area contributed by atoms with Gasteiger partial charge in [-0.2, -0.15) is 0 Å². The first-order valence-corrected chi connectivity index (χ1v) is 10.5. The molecule has 0 fully saturated rings. The Morgan fingerprint density at radius 2 is 1.72 bits per heavy atom. The van der Waals surface area contributed by atoms with Crippen molar-refractivity contribution in [3.05, 3.63) is 77.8 Å². The van der Waals surface area contributed by atoms with Crippen molar-refractivity contribution in [3.63, 3.8) is 0 Å². The van der Waals surface area contributed by atoms with E-state index in [-0.39, 0.29) is 4.90 Å². The molecule has 2 aromatic carbocycles. The van der Waals surface area contributed by atoms with Gasteiger partial charge in [0.15, 0.2) is 0 Å². The van der Waals surface area contributed by atoms with Gasteiger partial charge in [-0.15, -0.1) is 0 Å². The molecule has 0 spiro atoms. The summed E-state index contributed by atoms with van der Waals surface area (Å²) in [6.07, 6.45) is 1.42. The second-order valence-electron chi connectivity index (χ2n) is 5.21. The van der Waals surface area contributed by atoms with E-state index in [2.05, 4.69) is 36.8 Å². The summed E-state index contributed by atoms with van der Waals surface area (Å²) in [5.74, 6) is 0. The molecule has 3 rings (SSSR count). The molecule has 0 unspecified atom stereocenters. The molecule has 1 N–H and O–H groups in total. The van der Waals surface area contributed by atoms with Crippen molar-refractivity contribution >= 4 is 70.3 Å². The van der Waals surface area contributed by atoms with E-state index in [0.29, 0.717) is 26.0 Å². The summed E-state index contributed by atoms with van der Waals surface area (Å²) >= 11 is 12.5. The maximum Gasteiger partial charge on any atom is 0.267 e. The highest BCUT2D eigenvalue weighted by atomic mass is 79.9. The Bertz CT molecular complexity index is 1150. The Hall–Kier alpha value is -1.41. The molecule has 0 aliphatic rings. The van der Waals surface area contributed by atoms with Crippen LogP contribution in [0.1, 0.15) is 5.56 Å². The number of aromatic amines is 1. The maximum atomic E-state index is 12.6. The maximum absolute atomic E-state index is 12.6. The number of nitrogens with one attached hydrogen (secondary N) is 1. The molecule has 0 saturated heterocycles. The van der Waals surface area contributed by atoms with E-state index in [1.165, 1.54) is 12.1 Å². The molecule has 0 amide bonds. The summed E-state index contributed by atoms with van der Waals surface area (Å²) in [6, 6.07) is 11.5. The molecule has 0 aliphatic heterocycles. The standard InChI is InChI=1S/C17H10Br2ClNO3S/c18-11-7-14(19)13-9-16(17(22)21-15(13)8-11)25(23,24)6-5-10-1-3-12(20)4-2-10/h1-9H,(H,21,22)/b6-5-. The van der Waals surface area contributed by atoms with Gasteiger partial charge < -0.3 is 4.98 Å². The van der Waals surface area contributed by atoms with Crippen LogP contribution in [0.5, 0.6) is 0 Å². The number of benzene rings is 2. The van der Waals surface area contributed by atoms with Gasteiger partial charge in [0.1, 0.15) is 4.90 Å². The summed E-state index contributed by atoms with van der Waals surface area (Å²) < 4.78 is 26.6. The molecular formula is C17H10Br2ClNO3S. The van der Waals surface area contributed by atoms with Gasteiger partial charge in [0.2, 0.25) is 9.84 Å². The van der Waals surface area contributed by atoms with Crippen LogP contribution in [0.15, 0.2) is 66.5 Å². The van der Waals surface area contributed by atoms with Crippen molar-refractivity contribution in [3.8, 4) is 0 Å². The molecule has 1 aromatic heterocycles. The van der Waals surface area contributed by atoms with Gasteiger partial charge in [-0.25, -0.2) is 8.42 Å². The molecule has 128 valence electrons. The Labute approximate surface area is 165 Å². The number of hydrogen-bond acceptors (Lipinski definition) is 3. The lowest BCUT2D eigenvalue weighted by molar-refractivity contribution is 0.603. The Kier molecular flexibility index (Phi) is 5.20. The number of H-pyrrole nitrogens is 1. The number of rotatable bonds is 3. The molecule has 1 heterocycles. The predicted molar refractivity (Wildman–Crippen MR) is 108 cm³/mol. The highest BCUT2D eigenvalue weighted by Crippen LogP contribution is 2.28. The fourth-order valence-electron chi connectivity index (χ4n) is 2.24. The van der Waals surface area contributed by atoms with E-state index in [9.17, 15) is 13.2 Å². The van der Waals surface area contributed by atoms with Gasteiger partial charge in [-0.1, -0.05) is 55.6 Å². The van der Waals surface area contributed by atoms with Crippen LogP contribution in [0.3, 0.4) is 0 Å². The first kappa shape index (κ1) is 18.4. The lowest BCUT2D eigenvalue weighted by atomic mass is 10.2. The highest BCUT2D eigenvalue weighted by molar-refractivity contribution is 9.11. The molecular weight excluding hydrogens is 494 g/mol. The van der Waals surface area contributed by atoms with Crippen molar-refractivity contribution in [2.75, 3.05) is 0 Å². The average Bonchev–Trinajstić information content (AvgIpc) is 2.53. The first-order chi connectivity index (χ1) is 11.8. The smallest absolute Gasteiger partial charge is 0.267 e. The Balaban J connectivity index is 2.09. The number of pyridine rings is 1. The molecule has 0 radical (unpaired) electrons. The van der Waals surface area contributed by atoms with Crippen LogP contribution < -0.4 is 5.56 Å². The van der Waals surface area contributed by atoms with E-state index >= 15 is 0 Å². The highest BCUT2D eigenvalue weighted by Gasteiger charge is 2.17. The van der Waals surface area contributed by atoms with E-state index < -0.39 is 15.4 Å². The third-order valence-corrected chi connectivity index (χ3v) is 6.23. The van der Waals surface area contributed by atoms with Crippen molar-refractivity contribution in [2.24, 2.45) is 0 Å². The van der Waals surface area contributed by atoms with Gasteiger partial charge in [0.05, 0.1) is 5.52 Å². The van der Waals surface area contributed by atoms with Crippen LogP contribution in [0.4, 0.5) is 0 Å². The van der Waals surface area contributed by atoms with Gasteiger partial charge in [-0.05, 0) is 42.0 Å². The van der Waals surface area contributed by atoms with Crippen LogP contribution in [0.2, 0.25) is 5.02 Å². The van der Waals surface area contributed by atoms with Crippen LogP contribution in [0, 0.1) is 0 Å². The molecule has 25 heavy (non-hydrogen) atoms. The number of aromatic nitrogens is 1. The molecule has 8 heteroatoms. The molecule has 0 atom stereocenters. The van der Waals surface area contributed by atoms with Gasteiger partial charge in [0, 0.05) is 24.8 Å². The molecule has 0 bridgehead atoms. The van der Waals surface area contributed by atoms with E-state index in [1.54, 1.807) is 36.4 Å². The van der Waals surface area contributed by atoms with Gasteiger partial charge in [0.25, 0.3) is 5.56 Å². The SMILES string of the molecule is O=c1[nH]c2cc(Br)cc(Br)c2cc1S(=O)(=O)/C=C\c1ccc(Cl)cc1. The number of halogens is 3. The number of hydrogen-bond donors (Lipinski definition) is 1. The zero-order chi connectivity index (χ0) is 18.2. The van der Waals surface area contributed by atoms with E-state index in [1.807, 2.05) is 0 Å². The summed E-state index contributed by atoms with van der Waals surface area (Å²) in [5, 5.41) is 2.17. The average molecular weight is 504 g/mol. The van der Waals surface area contributed by atoms with E-state index in [4.69, 9.17) is 11.6 Å². The fourth-order valence-corrected chi connectivity index (χ4v) is 4.78. The summed E-state index contributed by atoms with van der Waals surface area (Å²) in [5.41, 5.74) is 0.528. The molecule has 0 saturated carbocycles. The van der Waals surface area contributed by atoms with Crippen molar-refractivity contribution < 1.29 is 8.42 Å². The quantitative estimate of drug-likeness (QED) is 0.538. The second kappa shape index (κ2) is 7.07. The van der Waals surface area contributed by atoms with Crippen LogP contribution in [-0.2, 0) is 9.84 Å². The Morgan fingerprint density at radius 3 is 2.40 bits per heavy atom. The third-order valence-electron chi connectivity index (χ3n) is 3.46. The third kappa shape index (κ3) is 4.06. The first-order valence-electron chi connectivity index (χ1n) is 6.97. The molecule has 4 nitrogen and oxygen atoms in total. The Morgan fingerprint density at radius 1 is 1.04 bits per heavy atom. The second-order valence-corrected chi connectivity index (χ2v) is 9.22. The minimum absolute atomic E-state index is 0.312. The summed E-state index contributed by atoms with van der Waals surface area (Å²) in [4.78, 5) is 14.5. The van der Waals surface area contributed by atoms with E-state index in [0.717, 1.165) is 9.88 Å². The van der Waals surface area contributed by atoms with Crippen molar-refractivity contribution in [1.29, 1.82) is 0 Å². The normalized spacial score (nSPS) is 12.1. The monoisotopic (exact) mass is 501 g/mol. The summed E-state index contributed by atoms with van der Waals surface area (Å²) in [6.45, 7) is 0. The zero-order valence-corrected chi connectivity index (χ0v) is 17.2. The summed E-state index contributed by atoms with van der Waals surface area (Å²) in [7, 11) is -3.91. The lowest BCUT2D eigenvalue weighted by Crippen LogP contribution is -2.16. The molecule has 3 aromatic rings. The van der Waals surface area contributed by atoms with Crippen LogP contribution in [0.25, 0.3) is 17.0 Å². The zero-order valence-electron chi connectivity index (χ0n) is 12.5. The largest absolute Gasteiger partial charge is 0.321 e. The topological polar surface area (TPSA) is 67.0 Å². The number of fused-ring (bicyclic) bond motifs is 1. The lowest BCUT2D eigenvalue weighted by Gasteiger charge is -2.05. The van der Waals surface area contributed by atoms with Crippen molar-refractivity contribution in [1.82, 2.24) is 4.98 Å². The van der Waals surface area contributed by atoms with Gasteiger partial charge in [-0.3, -0.25) is 4.79 Å². The van der Waals surface area contributed by atoms with Crippen LogP contribution >= 0.6 is 43.5 Å². The van der Waals surface area contributed by atoms with Gasteiger partial charge >= 0.3 is 0 Å². The minimum Gasteiger partial charge on any atom is -0.321 e. The minimum atomic E-state index is -3.91. The fraction of sp³-hybridized carbons (Fsp3) is 0. The predicted octanol–water partition coefficient (Wildman–Crippen LogP) is 5.15. The molecule has 0 aliphatic carbocycles. The van der Waals surface area contributed by atoms with Crippen LogP contribution in [-0.4, -0.2) is 13.4 Å². The number of sulfone groups is 1.